The van der Waals surface area contributed by atoms with Crippen molar-refractivity contribution in [3.05, 3.63) is 16.6 Å². The Kier molecular flexibility index (Phi) is 12.0. The maximum atomic E-state index is 12.9. The van der Waals surface area contributed by atoms with E-state index in [9.17, 15) is 4.79 Å². The molecule has 3 rings (SSSR count). The summed E-state index contributed by atoms with van der Waals surface area (Å²) in [5, 5.41) is 0. The van der Waals surface area contributed by atoms with Crippen molar-refractivity contribution in [1.29, 1.82) is 0 Å². The molecule has 2 aromatic rings. The van der Waals surface area contributed by atoms with Gasteiger partial charge in [-0.2, -0.15) is 0 Å². The Morgan fingerprint density at radius 1 is 0.974 bits per heavy atom. The number of nitrogens with zero attached hydrogens (tertiary/aromatic N) is 5. The first kappa shape index (κ1) is 31.8. The third-order valence-corrected chi connectivity index (χ3v) is 7.46. The van der Waals surface area contributed by atoms with E-state index < -0.39 is 5.60 Å². The zero-order valence-corrected chi connectivity index (χ0v) is 26.7. The van der Waals surface area contributed by atoms with E-state index in [0.717, 1.165) is 25.1 Å². The van der Waals surface area contributed by atoms with Gasteiger partial charge < -0.3 is 9.47 Å². The average Bonchev–Trinajstić information content (AvgIpc) is 3.45. The van der Waals surface area contributed by atoms with Gasteiger partial charge in [-0.25, -0.2) is 19.7 Å². The van der Waals surface area contributed by atoms with E-state index in [1.54, 1.807) is 11.1 Å². The van der Waals surface area contributed by atoms with Crippen molar-refractivity contribution < 1.29 is 14.3 Å². The van der Waals surface area contributed by atoms with E-state index in [4.69, 9.17) is 14.5 Å². The molecule has 0 radical (unpaired) electrons. The first-order valence-electron chi connectivity index (χ1n) is 14.9. The minimum absolute atomic E-state index is 0.188. The number of likely N-dealkylation sites (tertiary alicyclic amines) is 1. The SMILES string of the molecule is CC(C)(C)CCCCCCCCCCCOCn1c([C@@H]2CCCN2C(=O)OC(C)(C)C)nc2nc(Br)cnc21. The molecule has 1 atom stereocenters. The molecule has 0 spiro atoms. The van der Waals surface area contributed by atoms with Crippen molar-refractivity contribution in [3.63, 3.8) is 0 Å². The number of fused-ring (bicyclic) bond motifs is 1. The molecule has 0 N–H and O–H groups in total. The summed E-state index contributed by atoms with van der Waals surface area (Å²) in [7, 11) is 0. The van der Waals surface area contributed by atoms with Crippen molar-refractivity contribution in [2.75, 3.05) is 13.2 Å². The number of hydrogen-bond donors (Lipinski definition) is 0. The zero-order valence-electron chi connectivity index (χ0n) is 25.1. The summed E-state index contributed by atoms with van der Waals surface area (Å²) < 4.78 is 14.4. The molecule has 1 fully saturated rings. The Bertz CT molecular complexity index is 1040. The molecule has 9 heteroatoms. The highest BCUT2D eigenvalue weighted by Gasteiger charge is 2.36. The standard InChI is InChI=1S/C30H50BrN5O3/c1-29(2,3)18-14-12-10-8-7-9-11-13-15-20-38-22-36-26(34-25-27(36)32-21-24(31)33-25)23-17-16-19-35(23)28(37)39-30(4,5)6/h21,23H,7-20,22H2,1-6H3/t23-/m0/s1. The van der Waals surface area contributed by atoms with Crippen LogP contribution in [-0.4, -0.2) is 49.3 Å². The number of ether oxygens (including phenoxy) is 2. The Balaban J connectivity index is 1.46. The highest BCUT2D eigenvalue weighted by molar-refractivity contribution is 9.10. The minimum Gasteiger partial charge on any atom is -0.444 e. The number of hydrogen-bond acceptors (Lipinski definition) is 6. The maximum absolute atomic E-state index is 12.9. The van der Waals surface area contributed by atoms with Gasteiger partial charge in [-0.1, -0.05) is 72.1 Å². The van der Waals surface area contributed by atoms with Gasteiger partial charge in [0.2, 0.25) is 0 Å². The number of rotatable bonds is 14. The van der Waals surface area contributed by atoms with Crippen LogP contribution >= 0.6 is 15.9 Å². The van der Waals surface area contributed by atoms with Crippen LogP contribution in [0.4, 0.5) is 4.79 Å². The van der Waals surface area contributed by atoms with Gasteiger partial charge in [-0.05, 0) is 67.8 Å². The molecule has 0 aromatic carbocycles. The summed E-state index contributed by atoms with van der Waals surface area (Å²) in [6.45, 7) is 14.3. The summed E-state index contributed by atoms with van der Waals surface area (Å²) in [5.41, 5.74) is 1.15. The van der Waals surface area contributed by atoms with Crippen LogP contribution in [0.25, 0.3) is 11.3 Å². The van der Waals surface area contributed by atoms with Crippen LogP contribution in [0.3, 0.4) is 0 Å². The summed E-state index contributed by atoms with van der Waals surface area (Å²) in [5.74, 6) is 0.758. The van der Waals surface area contributed by atoms with Crippen LogP contribution in [-0.2, 0) is 16.2 Å². The van der Waals surface area contributed by atoms with Crippen molar-refractivity contribution in [3.8, 4) is 0 Å². The smallest absolute Gasteiger partial charge is 0.410 e. The molecule has 0 unspecified atom stereocenters. The van der Waals surface area contributed by atoms with Crippen LogP contribution in [0.15, 0.2) is 10.8 Å². The lowest BCUT2D eigenvalue weighted by Crippen LogP contribution is -2.37. The Labute approximate surface area is 243 Å². The van der Waals surface area contributed by atoms with Gasteiger partial charge in [-0.3, -0.25) is 9.47 Å². The molecule has 0 aliphatic carbocycles. The van der Waals surface area contributed by atoms with Crippen LogP contribution < -0.4 is 0 Å². The average molecular weight is 609 g/mol. The molecule has 220 valence electrons. The second-order valence-electron chi connectivity index (χ2n) is 13.1. The van der Waals surface area contributed by atoms with Gasteiger partial charge in [0.15, 0.2) is 11.3 Å². The molecule has 0 saturated carbocycles. The third kappa shape index (κ3) is 10.6. The van der Waals surface area contributed by atoms with Gasteiger partial charge >= 0.3 is 6.09 Å². The molecule has 1 saturated heterocycles. The summed E-state index contributed by atoms with van der Waals surface area (Å²) in [4.78, 5) is 28.6. The second-order valence-corrected chi connectivity index (χ2v) is 13.9. The quantitative estimate of drug-likeness (QED) is 0.200. The number of imidazole rings is 1. The number of unbranched alkanes of at least 4 members (excludes halogenated alkanes) is 8. The Morgan fingerprint density at radius 3 is 2.26 bits per heavy atom. The lowest BCUT2D eigenvalue weighted by molar-refractivity contribution is 0.0202. The number of carbonyl (C=O) groups is 1. The van der Waals surface area contributed by atoms with Crippen molar-refractivity contribution in [2.24, 2.45) is 5.41 Å². The van der Waals surface area contributed by atoms with Gasteiger partial charge in [0, 0.05) is 13.2 Å². The first-order chi connectivity index (χ1) is 18.4. The van der Waals surface area contributed by atoms with Gasteiger partial charge in [0.25, 0.3) is 0 Å². The molecule has 1 amide bonds. The molecule has 1 aliphatic rings. The third-order valence-electron chi connectivity index (χ3n) is 7.07. The van der Waals surface area contributed by atoms with Gasteiger partial charge in [0.1, 0.15) is 22.8 Å². The van der Waals surface area contributed by atoms with Crippen LogP contribution in [0.5, 0.6) is 0 Å². The van der Waals surface area contributed by atoms with Crippen LogP contribution in [0.2, 0.25) is 0 Å². The van der Waals surface area contributed by atoms with Crippen molar-refractivity contribution >= 4 is 33.3 Å². The Morgan fingerprint density at radius 2 is 1.62 bits per heavy atom. The zero-order chi connectivity index (χ0) is 28.5. The lowest BCUT2D eigenvalue weighted by Gasteiger charge is -2.28. The summed E-state index contributed by atoms with van der Waals surface area (Å²) in [6, 6.07) is -0.188. The molecule has 3 heterocycles. The lowest BCUT2D eigenvalue weighted by atomic mass is 9.89. The minimum atomic E-state index is -0.548. The monoisotopic (exact) mass is 607 g/mol. The van der Waals surface area contributed by atoms with E-state index in [1.807, 2.05) is 25.3 Å². The highest BCUT2D eigenvalue weighted by atomic mass is 79.9. The number of halogens is 1. The molecule has 8 nitrogen and oxygen atoms in total. The molecule has 0 bridgehead atoms. The molecule has 2 aromatic heterocycles. The largest absolute Gasteiger partial charge is 0.444 e. The van der Waals surface area contributed by atoms with Crippen molar-refractivity contribution in [2.45, 2.75) is 137 Å². The van der Waals surface area contributed by atoms with E-state index >= 15 is 0 Å². The summed E-state index contributed by atoms with van der Waals surface area (Å²) >= 11 is 3.40. The van der Waals surface area contributed by atoms with E-state index in [-0.39, 0.29) is 12.1 Å². The van der Waals surface area contributed by atoms with E-state index in [1.165, 1.54) is 57.8 Å². The normalized spacial score (nSPS) is 16.4. The molecule has 1 aliphatic heterocycles. The maximum Gasteiger partial charge on any atom is 0.410 e. The number of amides is 1. The van der Waals surface area contributed by atoms with Crippen LogP contribution in [0.1, 0.15) is 130 Å². The predicted octanol–water partition coefficient (Wildman–Crippen LogP) is 8.58. The molecular weight excluding hydrogens is 558 g/mol. The fourth-order valence-corrected chi connectivity index (χ4v) is 5.37. The predicted molar refractivity (Wildman–Crippen MR) is 160 cm³/mol. The van der Waals surface area contributed by atoms with E-state index in [0.29, 0.717) is 41.2 Å². The number of carbonyl (C=O) groups excluding carboxylic acids is 1. The second kappa shape index (κ2) is 14.8. The molecular formula is C30H50BrN5O3. The molecule has 39 heavy (non-hydrogen) atoms. The topological polar surface area (TPSA) is 82.4 Å². The van der Waals surface area contributed by atoms with E-state index in [2.05, 4.69) is 46.7 Å². The fourth-order valence-electron chi connectivity index (χ4n) is 5.10. The fraction of sp³-hybridized carbons (Fsp3) is 0.800. The van der Waals surface area contributed by atoms with Gasteiger partial charge in [0.05, 0.1) is 12.2 Å². The van der Waals surface area contributed by atoms with Crippen molar-refractivity contribution in [1.82, 2.24) is 24.4 Å². The van der Waals surface area contributed by atoms with Gasteiger partial charge in [-0.15, -0.1) is 0 Å². The van der Waals surface area contributed by atoms with Crippen LogP contribution in [0, 0.1) is 5.41 Å². The Hall–Kier alpha value is -1.74. The highest BCUT2D eigenvalue weighted by Crippen LogP contribution is 2.34. The number of aromatic nitrogens is 4. The first-order valence-corrected chi connectivity index (χ1v) is 15.7. The summed E-state index contributed by atoms with van der Waals surface area (Å²) in [6.07, 6.45) is 16.0.